The number of alkyl halides is 3. The van der Waals surface area contributed by atoms with Crippen LogP contribution in [0, 0.1) is 0 Å². The number of nitrogens with one attached hydrogen (secondary N) is 1. The van der Waals surface area contributed by atoms with E-state index >= 15 is 0 Å². The Hall–Kier alpha value is -1.31. The maximum absolute atomic E-state index is 11.9. The Morgan fingerprint density at radius 1 is 1.38 bits per heavy atom. The molecule has 0 radical (unpaired) electrons. The van der Waals surface area contributed by atoms with Crippen molar-refractivity contribution in [3.63, 3.8) is 0 Å². The Labute approximate surface area is 96.6 Å². The molecule has 0 aliphatic rings. The fourth-order valence-corrected chi connectivity index (χ4v) is 1.44. The van der Waals surface area contributed by atoms with Gasteiger partial charge in [-0.3, -0.25) is 0 Å². The van der Waals surface area contributed by atoms with Crippen LogP contribution in [0.15, 0.2) is 22.8 Å². The largest absolute Gasteiger partial charge is 0.405 e. The summed E-state index contributed by atoms with van der Waals surface area (Å²) < 4.78 is 37.9. The molecule has 0 unspecified atom stereocenters. The standard InChI is InChI=1S/C8H6BrF3N4/c9-5-1-2-6-14-7(15-16(6)3-5)13-4-8(10,11)12/h1-3H,4H2,(H,13,15). The van der Waals surface area contributed by atoms with Gasteiger partial charge in [0.05, 0.1) is 0 Å². The molecule has 8 heteroatoms. The number of aromatic nitrogens is 3. The zero-order valence-corrected chi connectivity index (χ0v) is 9.38. The molecule has 0 saturated carbocycles. The van der Waals surface area contributed by atoms with Crippen LogP contribution in [0.4, 0.5) is 19.1 Å². The van der Waals surface area contributed by atoms with E-state index in [0.29, 0.717) is 5.65 Å². The first-order valence-electron chi connectivity index (χ1n) is 4.27. The molecular formula is C8H6BrF3N4. The molecule has 4 nitrogen and oxygen atoms in total. The maximum atomic E-state index is 11.9. The van der Waals surface area contributed by atoms with Crippen LogP contribution in [-0.2, 0) is 0 Å². The summed E-state index contributed by atoms with van der Waals surface area (Å²) in [7, 11) is 0. The Morgan fingerprint density at radius 3 is 2.81 bits per heavy atom. The summed E-state index contributed by atoms with van der Waals surface area (Å²) in [5.41, 5.74) is 0.480. The summed E-state index contributed by atoms with van der Waals surface area (Å²) in [6.45, 7) is -1.15. The van der Waals surface area contributed by atoms with Gasteiger partial charge < -0.3 is 5.32 Å². The second-order valence-electron chi connectivity index (χ2n) is 3.05. The molecule has 0 aliphatic carbocycles. The average molecular weight is 295 g/mol. The van der Waals surface area contributed by atoms with Crippen molar-refractivity contribution in [3.8, 4) is 0 Å². The molecule has 1 N–H and O–H groups in total. The predicted molar refractivity (Wildman–Crippen MR) is 55.2 cm³/mol. The van der Waals surface area contributed by atoms with Crippen molar-refractivity contribution in [1.82, 2.24) is 14.6 Å². The third-order valence-electron chi connectivity index (χ3n) is 1.74. The van der Waals surface area contributed by atoms with Crippen LogP contribution in [0.1, 0.15) is 0 Å². The molecule has 0 saturated heterocycles. The summed E-state index contributed by atoms with van der Waals surface area (Å²) in [6, 6.07) is 3.38. The minimum Gasteiger partial charge on any atom is -0.344 e. The molecule has 16 heavy (non-hydrogen) atoms. The van der Waals surface area contributed by atoms with Gasteiger partial charge in [0.15, 0.2) is 5.65 Å². The van der Waals surface area contributed by atoms with Gasteiger partial charge in [0, 0.05) is 10.7 Å². The van der Waals surface area contributed by atoms with E-state index in [0.717, 1.165) is 4.47 Å². The van der Waals surface area contributed by atoms with E-state index < -0.39 is 12.7 Å². The molecule has 0 amide bonds. The van der Waals surface area contributed by atoms with Crippen molar-refractivity contribution in [1.29, 1.82) is 0 Å². The predicted octanol–water partition coefficient (Wildman–Crippen LogP) is 2.47. The quantitative estimate of drug-likeness (QED) is 0.925. The molecule has 86 valence electrons. The van der Waals surface area contributed by atoms with E-state index in [-0.39, 0.29) is 5.95 Å². The van der Waals surface area contributed by atoms with E-state index in [1.807, 2.05) is 0 Å². The molecule has 2 aromatic heterocycles. The Balaban J connectivity index is 2.20. The van der Waals surface area contributed by atoms with E-state index in [2.05, 4.69) is 31.3 Å². The lowest BCUT2D eigenvalue weighted by atomic mass is 10.5. The highest BCUT2D eigenvalue weighted by Gasteiger charge is 2.27. The highest BCUT2D eigenvalue weighted by molar-refractivity contribution is 9.10. The number of fused-ring (bicyclic) bond motifs is 1. The molecule has 0 spiro atoms. The third-order valence-corrected chi connectivity index (χ3v) is 2.21. The van der Waals surface area contributed by atoms with Crippen LogP contribution >= 0.6 is 15.9 Å². The number of pyridine rings is 1. The zero-order valence-electron chi connectivity index (χ0n) is 7.79. The van der Waals surface area contributed by atoms with E-state index in [9.17, 15) is 13.2 Å². The first-order valence-corrected chi connectivity index (χ1v) is 5.06. The van der Waals surface area contributed by atoms with Gasteiger partial charge >= 0.3 is 6.18 Å². The lowest BCUT2D eigenvalue weighted by Gasteiger charge is -2.04. The smallest absolute Gasteiger partial charge is 0.344 e. The zero-order chi connectivity index (χ0) is 11.8. The Morgan fingerprint density at radius 2 is 2.12 bits per heavy atom. The second kappa shape index (κ2) is 3.93. The van der Waals surface area contributed by atoms with Gasteiger partial charge in [-0.15, -0.1) is 5.10 Å². The normalized spacial score (nSPS) is 12.0. The Kier molecular flexibility index (Phi) is 2.75. The van der Waals surface area contributed by atoms with Gasteiger partial charge in [-0.1, -0.05) is 0 Å². The van der Waals surface area contributed by atoms with Gasteiger partial charge in [0.25, 0.3) is 0 Å². The van der Waals surface area contributed by atoms with Crippen LogP contribution in [0.25, 0.3) is 5.65 Å². The van der Waals surface area contributed by atoms with Crippen LogP contribution in [0.3, 0.4) is 0 Å². The minimum atomic E-state index is -4.28. The number of hydrogen-bond acceptors (Lipinski definition) is 3. The van der Waals surface area contributed by atoms with E-state index in [1.54, 1.807) is 18.3 Å². The highest BCUT2D eigenvalue weighted by Crippen LogP contribution is 2.16. The maximum Gasteiger partial charge on any atom is 0.405 e. The van der Waals surface area contributed by atoms with Crippen molar-refractivity contribution in [2.45, 2.75) is 6.18 Å². The number of rotatable bonds is 2. The summed E-state index contributed by atoms with van der Waals surface area (Å²) in [5, 5.41) is 5.95. The Bertz CT molecular complexity index is 507. The minimum absolute atomic E-state index is 0.0459. The van der Waals surface area contributed by atoms with Gasteiger partial charge in [0.2, 0.25) is 5.95 Å². The summed E-state index contributed by atoms with van der Waals surface area (Å²) >= 11 is 3.22. The number of hydrogen-bond donors (Lipinski definition) is 1. The number of anilines is 1. The number of nitrogens with zero attached hydrogens (tertiary/aromatic N) is 3. The van der Waals surface area contributed by atoms with Crippen LogP contribution in [0.2, 0.25) is 0 Å². The lowest BCUT2D eigenvalue weighted by molar-refractivity contribution is -0.115. The van der Waals surface area contributed by atoms with Gasteiger partial charge in [-0.25, -0.2) is 4.52 Å². The van der Waals surface area contributed by atoms with Crippen molar-refractivity contribution in [3.05, 3.63) is 22.8 Å². The molecule has 0 bridgehead atoms. The highest BCUT2D eigenvalue weighted by atomic mass is 79.9. The average Bonchev–Trinajstić information content (AvgIpc) is 2.55. The van der Waals surface area contributed by atoms with Gasteiger partial charge in [-0.05, 0) is 28.1 Å². The monoisotopic (exact) mass is 294 g/mol. The fraction of sp³-hybridized carbons (Fsp3) is 0.250. The number of halogens is 4. The topological polar surface area (TPSA) is 42.2 Å². The van der Waals surface area contributed by atoms with Gasteiger partial charge in [-0.2, -0.15) is 18.2 Å². The van der Waals surface area contributed by atoms with Crippen molar-refractivity contribution in [2.24, 2.45) is 0 Å². The van der Waals surface area contributed by atoms with Crippen LogP contribution < -0.4 is 5.32 Å². The fourth-order valence-electron chi connectivity index (χ4n) is 1.11. The molecule has 0 aromatic carbocycles. The van der Waals surface area contributed by atoms with Crippen molar-refractivity contribution < 1.29 is 13.2 Å². The molecule has 2 heterocycles. The SMILES string of the molecule is FC(F)(F)CNc1nc2ccc(Br)cn2n1. The first-order chi connectivity index (χ1) is 7.44. The van der Waals surface area contributed by atoms with Crippen molar-refractivity contribution in [2.75, 3.05) is 11.9 Å². The molecular weight excluding hydrogens is 289 g/mol. The molecule has 2 aromatic rings. The van der Waals surface area contributed by atoms with Gasteiger partial charge in [0.1, 0.15) is 6.54 Å². The summed E-state index contributed by atoms with van der Waals surface area (Å²) in [6.07, 6.45) is -2.67. The van der Waals surface area contributed by atoms with E-state index in [4.69, 9.17) is 0 Å². The third kappa shape index (κ3) is 2.63. The summed E-state index contributed by atoms with van der Waals surface area (Å²) in [4.78, 5) is 3.88. The van der Waals surface area contributed by atoms with Crippen molar-refractivity contribution >= 4 is 27.5 Å². The van der Waals surface area contributed by atoms with E-state index in [1.165, 1.54) is 4.52 Å². The summed E-state index contributed by atoms with van der Waals surface area (Å²) in [5.74, 6) is -0.0459. The lowest BCUT2D eigenvalue weighted by Crippen LogP contribution is -2.21. The molecule has 0 fully saturated rings. The van der Waals surface area contributed by atoms with Crippen LogP contribution in [0.5, 0.6) is 0 Å². The second-order valence-corrected chi connectivity index (χ2v) is 3.97. The molecule has 0 atom stereocenters. The van der Waals surface area contributed by atoms with Crippen LogP contribution in [-0.4, -0.2) is 27.3 Å². The molecule has 2 rings (SSSR count). The molecule has 0 aliphatic heterocycles. The first kappa shape index (κ1) is 11.2.